The highest BCUT2D eigenvalue weighted by Gasteiger charge is 2.13. The molecular weight excluding hydrogens is 378 g/mol. The van der Waals surface area contributed by atoms with E-state index in [9.17, 15) is 14.4 Å². The predicted octanol–water partition coefficient (Wildman–Crippen LogP) is 2.06. The molecule has 0 heterocycles. The third-order valence-electron chi connectivity index (χ3n) is 3.57. The molecular formula is C20H23N3O4S. The zero-order valence-electron chi connectivity index (χ0n) is 15.8. The molecule has 8 heteroatoms. The summed E-state index contributed by atoms with van der Waals surface area (Å²) in [7, 11) is 0. The molecule has 0 fully saturated rings. The van der Waals surface area contributed by atoms with Crippen LogP contribution >= 0.6 is 11.8 Å². The van der Waals surface area contributed by atoms with Crippen molar-refractivity contribution < 1.29 is 19.1 Å². The average Bonchev–Trinajstić information content (AvgIpc) is 2.70. The number of aryl methyl sites for hydroxylation is 1. The normalized spacial score (nSPS) is 10.1. The number of carbonyl (C=O) groups is 3. The number of nitrogens with one attached hydrogen (secondary N) is 3. The quantitative estimate of drug-likeness (QED) is 0.465. The van der Waals surface area contributed by atoms with Gasteiger partial charge in [-0.2, -0.15) is 0 Å². The maximum atomic E-state index is 12.2. The molecule has 0 bridgehead atoms. The number of carbonyl (C=O) groups excluding carboxylic acids is 3. The smallest absolute Gasteiger partial charge is 0.257 e. The average molecular weight is 401 g/mol. The minimum absolute atomic E-state index is 0.164. The lowest BCUT2D eigenvalue weighted by Crippen LogP contribution is -2.47. The largest absolute Gasteiger partial charge is 0.493 e. The van der Waals surface area contributed by atoms with Crippen molar-refractivity contribution in [1.82, 2.24) is 16.2 Å². The van der Waals surface area contributed by atoms with E-state index in [0.29, 0.717) is 17.9 Å². The summed E-state index contributed by atoms with van der Waals surface area (Å²) in [6, 6.07) is 14.6. The van der Waals surface area contributed by atoms with Crippen LogP contribution in [0.25, 0.3) is 0 Å². The zero-order chi connectivity index (χ0) is 20.4. The third kappa shape index (κ3) is 6.96. The molecule has 2 aromatic rings. The van der Waals surface area contributed by atoms with Gasteiger partial charge in [-0.05, 0) is 38.1 Å². The van der Waals surface area contributed by atoms with E-state index in [2.05, 4.69) is 16.2 Å². The molecule has 28 heavy (non-hydrogen) atoms. The minimum atomic E-state index is -0.532. The van der Waals surface area contributed by atoms with E-state index in [0.717, 1.165) is 10.5 Å². The molecule has 0 spiro atoms. The first-order valence-corrected chi connectivity index (χ1v) is 9.75. The summed E-state index contributed by atoms with van der Waals surface area (Å²) in [4.78, 5) is 36.8. The van der Waals surface area contributed by atoms with E-state index in [4.69, 9.17) is 4.74 Å². The second-order valence-electron chi connectivity index (χ2n) is 5.81. The standard InChI is InChI=1S/C20H23N3O4S/c1-3-27-17-7-5-4-6-16(17)20(26)21-12-18(24)22-23-19(25)13-28-15-10-8-14(2)9-11-15/h4-11H,3,12-13H2,1-2H3,(H,21,26)(H,22,24)(H,23,25). The molecule has 0 atom stereocenters. The van der Waals surface area contributed by atoms with E-state index in [1.165, 1.54) is 11.8 Å². The Balaban J connectivity index is 1.71. The second kappa shape index (κ2) is 11.0. The molecule has 0 unspecified atom stereocenters. The molecule has 0 saturated carbocycles. The number of ether oxygens (including phenoxy) is 1. The van der Waals surface area contributed by atoms with Crippen molar-refractivity contribution in [2.24, 2.45) is 0 Å². The zero-order valence-corrected chi connectivity index (χ0v) is 16.6. The molecule has 0 aromatic heterocycles. The highest BCUT2D eigenvalue weighted by Crippen LogP contribution is 2.18. The number of thioether (sulfide) groups is 1. The van der Waals surface area contributed by atoms with Gasteiger partial charge in [0.2, 0.25) is 5.91 Å². The Morgan fingerprint density at radius 2 is 1.64 bits per heavy atom. The first kappa shape index (κ1) is 21.3. The first-order chi connectivity index (χ1) is 13.5. The van der Waals surface area contributed by atoms with Gasteiger partial charge in [-0.25, -0.2) is 0 Å². The Hall–Kier alpha value is -3.00. The Labute approximate surface area is 168 Å². The Kier molecular flexibility index (Phi) is 8.36. The van der Waals surface area contributed by atoms with Gasteiger partial charge in [0.15, 0.2) is 0 Å². The third-order valence-corrected chi connectivity index (χ3v) is 4.59. The summed E-state index contributed by atoms with van der Waals surface area (Å²) >= 11 is 1.36. The minimum Gasteiger partial charge on any atom is -0.493 e. The number of para-hydroxylation sites is 1. The molecule has 0 saturated heterocycles. The van der Waals surface area contributed by atoms with Crippen LogP contribution in [-0.4, -0.2) is 36.6 Å². The monoisotopic (exact) mass is 401 g/mol. The molecule has 3 N–H and O–H groups in total. The Morgan fingerprint density at radius 3 is 2.36 bits per heavy atom. The van der Waals surface area contributed by atoms with Crippen LogP contribution in [0.3, 0.4) is 0 Å². The van der Waals surface area contributed by atoms with Crippen molar-refractivity contribution in [3.63, 3.8) is 0 Å². The maximum Gasteiger partial charge on any atom is 0.257 e. The van der Waals surface area contributed by atoms with Crippen molar-refractivity contribution in [2.45, 2.75) is 18.7 Å². The topological polar surface area (TPSA) is 96.5 Å². The molecule has 3 amide bonds. The van der Waals surface area contributed by atoms with Crippen molar-refractivity contribution in [3.8, 4) is 5.75 Å². The molecule has 2 rings (SSSR count). The van der Waals surface area contributed by atoms with Crippen LogP contribution in [0.1, 0.15) is 22.8 Å². The Bertz CT molecular complexity index is 824. The van der Waals surface area contributed by atoms with E-state index < -0.39 is 11.8 Å². The van der Waals surface area contributed by atoms with Gasteiger partial charge in [0.05, 0.1) is 24.5 Å². The molecule has 0 aliphatic rings. The molecule has 148 valence electrons. The van der Waals surface area contributed by atoms with E-state index in [1.54, 1.807) is 24.3 Å². The second-order valence-corrected chi connectivity index (χ2v) is 6.86. The summed E-state index contributed by atoms with van der Waals surface area (Å²) < 4.78 is 5.39. The molecule has 7 nitrogen and oxygen atoms in total. The van der Waals surface area contributed by atoms with Crippen molar-refractivity contribution in [1.29, 1.82) is 0 Å². The van der Waals surface area contributed by atoms with Crippen LogP contribution in [0.5, 0.6) is 5.75 Å². The van der Waals surface area contributed by atoms with Gasteiger partial charge in [-0.3, -0.25) is 25.2 Å². The van der Waals surface area contributed by atoms with Crippen LogP contribution in [-0.2, 0) is 9.59 Å². The number of hydrazine groups is 1. The molecule has 2 aromatic carbocycles. The van der Waals surface area contributed by atoms with Gasteiger partial charge < -0.3 is 10.1 Å². The van der Waals surface area contributed by atoms with Gasteiger partial charge in [0.25, 0.3) is 11.8 Å². The highest BCUT2D eigenvalue weighted by atomic mass is 32.2. The number of benzene rings is 2. The highest BCUT2D eigenvalue weighted by molar-refractivity contribution is 8.00. The molecule has 0 aliphatic heterocycles. The fourth-order valence-electron chi connectivity index (χ4n) is 2.19. The van der Waals surface area contributed by atoms with Crippen LogP contribution in [0.15, 0.2) is 53.4 Å². The Morgan fingerprint density at radius 1 is 0.964 bits per heavy atom. The van der Waals surface area contributed by atoms with Crippen LogP contribution in [0.2, 0.25) is 0 Å². The lowest BCUT2D eigenvalue weighted by molar-refractivity contribution is -0.127. The summed E-state index contributed by atoms with van der Waals surface area (Å²) in [5, 5.41) is 2.50. The fourth-order valence-corrected chi connectivity index (χ4v) is 2.89. The summed E-state index contributed by atoms with van der Waals surface area (Å²) in [5.41, 5.74) is 6.09. The molecule has 0 aliphatic carbocycles. The van der Waals surface area contributed by atoms with Crippen molar-refractivity contribution in [3.05, 3.63) is 59.7 Å². The van der Waals surface area contributed by atoms with Gasteiger partial charge in [0, 0.05) is 4.90 Å². The van der Waals surface area contributed by atoms with Gasteiger partial charge >= 0.3 is 0 Å². The van der Waals surface area contributed by atoms with E-state index >= 15 is 0 Å². The van der Waals surface area contributed by atoms with Gasteiger partial charge in [0.1, 0.15) is 5.75 Å². The SMILES string of the molecule is CCOc1ccccc1C(=O)NCC(=O)NNC(=O)CSc1ccc(C)cc1. The van der Waals surface area contributed by atoms with Crippen molar-refractivity contribution in [2.75, 3.05) is 18.9 Å². The van der Waals surface area contributed by atoms with Crippen LogP contribution < -0.4 is 20.9 Å². The van der Waals surface area contributed by atoms with E-state index in [-0.39, 0.29) is 18.2 Å². The van der Waals surface area contributed by atoms with Crippen LogP contribution in [0, 0.1) is 6.92 Å². The number of amides is 3. The fraction of sp³-hybridized carbons (Fsp3) is 0.250. The number of hydrogen-bond donors (Lipinski definition) is 3. The van der Waals surface area contributed by atoms with Crippen LogP contribution in [0.4, 0.5) is 0 Å². The van der Waals surface area contributed by atoms with Gasteiger partial charge in [-0.1, -0.05) is 29.8 Å². The molecule has 0 radical (unpaired) electrons. The van der Waals surface area contributed by atoms with E-state index in [1.807, 2.05) is 38.1 Å². The first-order valence-electron chi connectivity index (χ1n) is 8.76. The summed E-state index contributed by atoms with van der Waals surface area (Å²) in [6.45, 7) is 3.97. The summed E-state index contributed by atoms with van der Waals surface area (Å²) in [6.07, 6.45) is 0. The maximum absolute atomic E-state index is 12.2. The predicted molar refractivity (Wildman–Crippen MR) is 108 cm³/mol. The number of hydrogen-bond acceptors (Lipinski definition) is 5. The summed E-state index contributed by atoms with van der Waals surface area (Å²) in [5.74, 6) is -0.690. The number of rotatable bonds is 8. The van der Waals surface area contributed by atoms with Gasteiger partial charge in [-0.15, -0.1) is 11.8 Å². The van der Waals surface area contributed by atoms with Crippen molar-refractivity contribution >= 4 is 29.5 Å². The lowest BCUT2D eigenvalue weighted by Gasteiger charge is -2.11. The lowest BCUT2D eigenvalue weighted by atomic mass is 10.2.